The van der Waals surface area contributed by atoms with Crippen LogP contribution in [0.3, 0.4) is 0 Å². The molecule has 1 fully saturated rings. The summed E-state index contributed by atoms with van der Waals surface area (Å²) in [6.45, 7) is 11.5. The zero-order valence-electron chi connectivity index (χ0n) is 20.9. The molecule has 7 heteroatoms. The maximum atomic E-state index is 7.32. The largest absolute Gasteiger partial charge is 0.469 e. The maximum Gasteiger partial charge on any atom is 0.223 e. The van der Waals surface area contributed by atoms with Crippen LogP contribution in [0.4, 0.5) is 5.82 Å². The van der Waals surface area contributed by atoms with Crippen LogP contribution in [0.15, 0.2) is 41.6 Å². The molecule has 3 aromatic rings. The van der Waals surface area contributed by atoms with Gasteiger partial charge in [0, 0.05) is 38.7 Å². The molecule has 0 spiro atoms. The van der Waals surface area contributed by atoms with Crippen LogP contribution in [0, 0.1) is 18.3 Å². The molecule has 2 aromatic carbocycles. The lowest BCUT2D eigenvalue weighted by Gasteiger charge is -2.33. The molecule has 34 heavy (non-hydrogen) atoms. The Morgan fingerprint density at radius 2 is 1.79 bits per heavy atom. The van der Waals surface area contributed by atoms with Gasteiger partial charge in [0.25, 0.3) is 0 Å². The summed E-state index contributed by atoms with van der Waals surface area (Å²) in [5.74, 6) is 1.83. The third kappa shape index (κ3) is 5.63. The number of piperazine rings is 1. The van der Waals surface area contributed by atoms with Gasteiger partial charge in [-0.2, -0.15) is 10.2 Å². The van der Waals surface area contributed by atoms with E-state index in [1.165, 1.54) is 28.8 Å². The van der Waals surface area contributed by atoms with Gasteiger partial charge in [-0.3, -0.25) is 0 Å². The summed E-state index contributed by atoms with van der Waals surface area (Å²) in [6.07, 6.45) is 3.93. The zero-order valence-corrected chi connectivity index (χ0v) is 21.7. The van der Waals surface area contributed by atoms with Crippen LogP contribution in [0.25, 0.3) is 10.8 Å². The predicted octanol–water partition coefficient (Wildman–Crippen LogP) is 5.69. The van der Waals surface area contributed by atoms with Gasteiger partial charge < -0.3 is 15.0 Å². The first kappa shape index (κ1) is 25.8. The van der Waals surface area contributed by atoms with Crippen LogP contribution in [-0.4, -0.2) is 42.4 Å². The topological polar surface area (TPSA) is 74.1 Å². The molecule has 5 rings (SSSR count). The lowest BCUT2D eigenvalue weighted by molar-refractivity contribution is 0.167. The quantitative estimate of drug-likeness (QED) is 0.383. The number of ether oxygens (including phenoxy) is 1. The number of benzene rings is 2. The molecule has 1 saturated heterocycles. The summed E-state index contributed by atoms with van der Waals surface area (Å²) >= 11 is 1.58. The molecule has 0 radical (unpaired) electrons. The van der Waals surface area contributed by atoms with Crippen LogP contribution < -0.4 is 15.0 Å². The number of hydrogen-bond donors (Lipinski definition) is 1. The van der Waals surface area contributed by atoms with Crippen molar-refractivity contribution in [1.29, 1.82) is 5.26 Å². The number of nitrogens with zero attached hydrogens (tertiary/aromatic N) is 4. The van der Waals surface area contributed by atoms with Crippen molar-refractivity contribution in [3.05, 3.63) is 53.1 Å². The molecule has 1 aromatic heterocycles. The maximum absolute atomic E-state index is 7.32. The van der Waals surface area contributed by atoms with Crippen molar-refractivity contribution in [2.24, 2.45) is 0 Å². The first-order valence-electron chi connectivity index (χ1n) is 12.0. The van der Waals surface area contributed by atoms with Gasteiger partial charge in [-0.05, 0) is 42.4 Å². The molecule has 180 valence electrons. The monoisotopic (exact) mass is 477 g/mol. The second-order valence-electron chi connectivity index (χ2n) is 7.94. The van der Waals surface area contributed by atoms with Crippen molar-refractivity contribution >= 4 is 28.4 Å². The molecule has 1 N–H and O–H groups in total. The van der Waals surface area contributed by atoms with Gasteiger partial charge in [0.2, 0.25) is 5.88 Å². The Kier molecular flexibility index (Phi) is 9.55. The van der Waals surface area contributed by atoms with E-state index in [0.29, 0.717) is 0 Å². The summed E-state index contributed by atoms with van der Waals surface area (Å²) in [6, 6.07) is 14.8. The fourth-order valence-electron chi connectivity index (χ4n) is 4.50. The molecule has 6 nitrogen and oxygen atoms in total. The summed E-state index contributed by atoms with van der Waals surface area (Å²) < 4.78 is 6.55. The van der Waals surface area contributed by atoms with Crippen molar-refractivity contribution in [2.45, 2.75) is 51.8 Å². The SMILES string of the molecule is CC.CC#N.CSc1nc2c(c(N3CCNCC3)n1)CCC(c1cccc3cccc(C)c13)O2. The van der Waals surface area contributed by atoms with Crippen LogP contribution in [-0.2, 0) is 6.42 Å². The normalized spacial score (nSPS) is 16.7. The molecule has 0 bridgehead atoms. The van der Waals surface area contributed by atoms with Gasteiger partial charge in [-0.1, -0.05) is 62.0 Å². The Morgan fingerprint density at radius 3 is 2.47 bits per heavy atom. The number of thioether (sulfide) groups is 1. The van der Waals surface area contributed by atoms with Gasteiger partial charge in [-0.25, -0.2) is 4.98 Å². The highest BCUT2D eigenvalue weighted by atomic mass is 32.2. The first-order chi connectivity index (χ1) is 16.7. The van der Waals surface area contributed by atoms with E-state index in [1.807, 2.05) is 20.1 Å². The van der Waals surface area contributed by atoms with Gasteiger partial charge >= 0.3 is 0 Å². The van der Waals surface area contributed by atoms with Gasteiger partial charge in [0.15, 0.2) is 5.16 Å². The standard InChI is InChI=1S/C23H26N4OS.C2H3N.C2H6/c1-15-5-3-6-16-7-4-8-17(20(15)16)19-10-9-18-21(27-13-11-24-12-14-27)25-23(29-2)26-22(18)28-19;1-2-3;1-2/h3-8,19,24H,9-14H2,1-2H3;1H3;1-2H3. The number of aromatic nitrogens is 2. The van der Waals surface area contributed by atoms with Crippen molar-refractivity contribution in [3.63, 3.8) is 0 Å². The van der Waals surface area contributed by atoms with Crippen LogP contribution in [0.1, 0.15) is 50.0 Å². The first-order valence-corrected chi connectivity index (χ1v) is 13.2. The molecule has 1 atom stereocenters. The highest BCUT2D eigenvalue weighted by Gasteiger charge is 2.29. The number of nitriles is 1. The minimum atomic E-state index is 0.0211. The zero-order chi connectivity index (χ0) is 24.5. The van der Waals surface area contributed by atoms with Crippen molar-refractivity contribution in [2.75, 3.05) is 37.3 Å². The van der Waals surface area contributed by atoms with Crippen molar-refractivity contribution in [1.82, 2.24) is 15.3 Å². The third-order valence-corrected chi connectivity index (χ3v) is 6.48. The Morgan fingerprint density at radius 1 is 1.12 bits per heavy atom. The molecule has 0 saturated carbocycles. The smallest absolute Gasteiger partial charge is 0.223 e. The third-order valence-electron chi connectivity index (χ3n) is 5.93. The number of anilines is 1. The molecule has 0 aliphatic carbocycles. The molecular formula is C27H35N5OS. The van der Waals surface area contributed by atoms with E-state index in [1.54, 1.807) is 17.8 Å². The lowest BCUT2D eigenvalue weighted by atomic mass is 9.92. The van der Waals surface area contributed by atoms with Gasteiger partial charge in [0.1, 0.15) is 11.9 Å². The number of fused-ring (bicyclic) bond motifs is 2. The summed E-state index contributed by atoms with van der Waals surface area (Å²) in [5.41, 5.74) is 3.72. The number of aryl methyl sites for hydroxylation is 1. The molecule has 1 unspecified atom stereocenters. The predicted molar refractivity (Wildman–Crippen MR) is 142 cm³/mol. The van der Waals surface area contributed by atoms with Crippen LogP contribution >= 0.6 is 11.8 Å². The number of rotatable bonds is 3. The summed E-state index contributed by atoms with van der Waals surface area (Å²) in [4.78, 5) is 12.0. The Balaban J connectivity index is 0.000000603. The Hall–Kier alpha value is -2.82. The van der Waals surface area contributed by atoms with Gasteiger partial charge in [0.05, 0.1) is 11.6 Å². The number of hydrogen-bond acceptors (Lipinski definition) is 7. The van der Waals surface area contributed by atoms with E-state index in [0.717, 1.165) is 61.4 Å². The average Bonchev–Trinajstić information content (AvgIpc) is 2.89. The molecule has 3 heterocycles. The highest BCUT2D eigenvalue weighted by Crippen LogP contribution is 2.41. The van der Waals surface area contributed by atoms with Crippen LogP contribution in [0.2, 0.25) is 0 Å². The second kappa shape index (κ2) is 12.6. The fraction of sp³-hybridized carbons (Fsp3) is 0.444. The number of nitrogens with one attached hydrogen (secondary N) is 1. The van der Waals surface area contributed by atoms with E-state index in [4.69, 9.17) is 20.0 Å². The van der Waals surface area contributed by atoms with Crippen molar-refractivity contribution < 1.29 is 4.74 Å². The van der Waals surface area contributed by atoms with E-state index < -0.39 is 0 Å². The van der Waals surface area contributed by atoms with Crippen molar-refractivity contribution in [3.8, 4) is 11.9 Å². The highest BCUT2D eigenvalue weighted by molar-refractivity contribution is 7.98. The molecule has 2 aliphatic rings. The van der Waals surface area contributed by atoms with E-state index in [2.05, 4.69) is 53.5 Å². The second-order valence-corrected chi connectivity index (χ2v) is 8.72. The minimum absolute atomic E-state index is 0.0211. The van der Waals surface area contributed by atoms with E-state index in [-0.39, 0.29) is 6.10 Å². The fourth-order valence-corrected chi connectivity index (χ4v) is 4.85. The molecule has 2 aliphatic heterocycles. The van der Waals surface area contributed by atoms with Crippen LogP contribution in [0.5, 0.6) is 5.88 Å². The Labute approximate surface area is 207 Å². The van der Waals surface area contributed by atoms with E-state index >= 15 is 0 Å². The average molecular weight is 478 g/mol. The Bertz CT molecular complexity index is 1130. The summed E-state index contributed by atoms with van der Waals surface area (Å²) in [7, 11) is 0. The lowest BCUT2D eigenvalue weighted by Crippen LogP contribution is -2.44. The van der Waals surface area contributed by atoms with Gasteiger partial charge in [-0.15, -0.1) is 0 Å². The van der Waals surface area contributed by atoms with E-state index in [9.17, 15) is 0 Å². The molecular weight excluding hydrogens is 442 g/mol. The summed E-state index contributed by atoms with van der Waals surface area (Å²) in [5, 5.41) is 14.1. The minimum Gasteiger partial charge on any atom is -0.469 e. The molecule has 0 amide bonds.